The lowest BCUT2D eigenvalue weighted by Crippen LogP contribution is -2.42. The first kappa shape index (κ1) is 30.5. The second kappa shape index (κ2) is 12.2. The lowest BCUT2D eigenvalue weighted by Gasteiger charge is -2.25. The Bertz CT molecular complexity index is 1570. The van der Waals surface area contributed by atoms with E-state index in [4.69, 9.17) is 35.9 Å². The van der Waals surface area contributed by atoms with Gasteiger partial charge in [-0.3, -0.25) is 19.1 Å². The van der Waals surface area contributed by atoms with Crippen LogP contribution in [0.5, 0.6) is 5.75 Å². The molecule has 16 heteroatoms. The molecule has 6 atom stereocenters. The predicted octanol–water partition coefficient (Wildman–Crippen LogP) is 2.61. The highest BCUT2D eigenvalue weighted by Crippen LogP contribution is 2.48. The Morgan fingerprint density at radius 2 is 2.07 bits per heavy atom. The number of aromatic nitrogens is 3. The van der Waals surface area contributed by atoms with E-state index in [2.05, 4.69) is 21.0 Å². The molecule has 0 saturated carbocycles. The summed E-state index contributed by atoms with van der Waals surface area (Å²) in [4.78, 5) is 31.0. The first-order valence-electron chi connectivity index (χ1n) is 12.4. The third-order valence-corrected chi connectivity index (χ3v) is 7.71. The number of esters is 1. The number of aliphatic hydroxyl groups is 1. The van der Waals surface area contributed by atoms with Crippen molar-refractivity contribution < 1.29 is 37.4 Å². The van der Waals surface area contributed by atoms with Gasteiger partial charge in [0.1, 0.15) is 24.0 Å². The maximum atomic E-state index is 16.3. The van der Waals surface area contributed by atoms with Crippen LogP contribution in [0.2, 0.25) is 0 Å². The highest BCUT2D eigenvalue weighted by atomic mass is 35.5. The van der Waals surface area contributed by atoms with Crippen LogP contribution >= 0.6 is 19.3 Å². The molecule has 0 radical (unpaired) electrons. The van der Waals surface area contributed by atoms with Crippen LogP contribution in [0.3, 0.4) is 0 Å². The zero-order valence-corrected chi connectivity index (χ0v) is 23.8. The number of hydrogen-bond donors (Lipinski definition) is 4. The molecule has 0 bridgehead atoms. The molecule has 2 aromatic heterocycles. The molecule has 220 valence electrons. The second-order valence-corrected chi connectivity index (χ2v) is 11.3. The number of nitrogen functional groups attached to an aromatic ring is 1. The summed E-state index contributed by atoms with van der Waals surface area (Å²) >= 11 is 5.53. The summed E-state index contributed by atoms with van der Waals surface area (Å²) in [5.74, 6) is 1.29. The summed E-state index contributed by atoms with van der Waals surface area (Å²) in [6, 6.07) is 8.19. The topological polar surface area (TPSA) is 180 Å². The van der Waals surface area contributed by atoms with Gasteiger partial charge in [-0.15, -0.1) is 0 Å². The number of rotatable bonds is 10. The number of nitrogens with zero attached hydrogens (tertiary/aromatic N) is 2. The molecule has 1 saturated heterocycles. The Balaban J connectivity index is 1.62. The van der Waals surface area contributed by atoms with Gasteiger partial charge in [-0.1, -0.05) is 18.2 Å². The number of aliphatic hydroxyl groups excluding tert-OH is 1. The Labute approximate surface area is 238 Å². The molecule has 0 aliphatic carbocycles. The number of anilines is 1. The zero-order chi connectivity index (χ0) is 29.9. The summed E-state index contributed by atoms with van der Waals surface area (Å²) in [6.45, 7) is 4.01. The van der Waals surface area contributed by atoms with E-state index in [9.17, 15) is 19.3 Å². The number of aromatic amines is 1. The van der Waals surface area contributed by atoms with Crippen molar-refractivity contribution in [2.45, 2.75) is 57.0 Å². The van der Waals surface area contributed by atoms with E-state index in [0.29, 0.717) is 0 Å². The van der Waals surface area contributed by atoms with Crippen LogP contribution in [-0.2, 0) is 23.4 Å². The lowest BCUT2D eigenvalue weighted by atomic mass is 9.97. The number of carbonyl (C=O) groups excluding carboxylic acids is 1. The van der Waals surface area contributed by atoms with E-state index in [1.807, 2.05) is 5.38 Å². The number of nitrogens with two attached hydrogens (primary N) is 1. The number of benzene rings is 1. The van der Waals surface area contributed by atoms with Gasteiger partial charge in [-0.05, 0) is 56.5 Å². The maximum Gasteiger partial charge on any atom is 0.459 e. The van der Waals surface area contributed by atoms with E-state index in [-0.39, 0.29) is 22.7 Å². The van der Waals surface area contributed by atoms with Crippen molar-refractivity contribution in [3.63, 3.8) is 0 Å². The molecule has 1 aliphatic heterocycles. The summed E-state index contributed by atoms with van der Waals surface area (Å²) < 4.78 is 53.3. The number of halogens is 2. The number of para-hydroxylation sites is 1. The van der Waals surface area contributed by atoms with Crippen molar-refractivity contribution in [2.24, 2.45) is 0 Å². The Morgan fingerprint density at radius 1 is 1.37 bits per heavy atom. The molecule has 1 fully saturated rings. The first-order valence-corrected chi connectivity index (χ1v) is 14.3. The SMILES string of the molecule is CC(C)OC(=O)[C@H](C)NP(=O)(OC[C@H]1O[C@@H](n2ccc3c(=O)[nH]c(N)nc32)C(F)(C#CCl)C1O)Oc1ccccc1. The minimum absolute atomic E-state index is 0.0411. The first-order chi connectivity index (χ1) is 19.4. The number of ether oxygens (including phenoxy) is 2. The van der Waals surface area contributed by atoms with Crippen LogP contribution in [0.1, 0.15) is 27.0 Å². The minimum Gasteiger partial charge on any atom is -0.462 e. The molecule has 0 amide bonds. The van der Waals surface area contributed by atoms with E-state index in [1.54, 1.807) is 32.0 Å². The number of alkyl halides is 1. The lowest BCUT2D eigenvalue weighted by molar-refractivity contribution is -0.149. The van der Waals surface area contributed by atoms with E-state index in [0.717, 1.165) is 4.57 Å². The molecule has 5 N–H and O–H groups in total. The van der Waals surface area contributed by atoms with Gasteiger partial charge in [-0.2, -0.15) is 10.1 Å². The highest BCUT2D eigenvalue weighted by Gasteiger charge is 2.58. The molecule has 41 heavy (non-hydrogen) atoms. The van der Waals surface area contributed by atoms with E-state index >= 15 is 4.39 Å². The second-order valence-electron chi connectivity index (χ2n) is 9.40. The van der Waals surface area contributed by atoms with Crippen molar-refractivity contribution in [3.8, 4) is 17.0 Å². The van der Waals surface area contributed by atoms with Crippen LogP contribution in [0.4, 0.5) is 10.3 Å². The van der Waals surface area contributed by atoms with Gasteiger partial charge in [0.15, 0.2) is 11.9 Å². The average Bonchev–Trinajstić information content (AvgIpc) is 3.42. The van der Waals surface area contributed by atoms with Gasteiger partial charge < -0.3 is 29.4 Å². The highest BCUT2D eigenvalue weighted by molar-refractivity contribution is 7.52. The monoisotopic (exact) mass is 611 g/mol. The van der Waals surface area contributed by atoms with Gasteiger partial charge in [0.25, 0.3) is 5.56 Å². The van der Waals surface area contributed by atoms with Gasteiger partial charge in [0.05, 0.1) is 18.1 Å². The number of fused-ring (bicyclic) bond motifs is 1. The fourth-order valence-electron chi connectivity index (χ4n) is 4.12. The standard InChI is InChI=1S/C25H28ClFN5O8P/c1-14(2)38-22(35)15(3)31-41(36,40-16-7-5-4-6-8-16)37-13-18-19(33)25(27,10-11-26)23(39-18)32-12-9-17-20(32)29-24(28)30-21(17)34/h4-9,12,14-15,18-19,23,33H,13H2,1-3H3,(H,31,36)(H3,28,29,30,34)/t15-,18+,19?,23+,25?,41?/m0/s1. The summed E-state index contributed by atoms with van der Waals surface area (Å²) in [7, 11) is -4.37. The minimum atomic E-state index is -4.37. The largest absolute Gasteiger partial charge is 0.462 e. The summed E-state index contributed by atoms with van der Waals surface area (Å²) in [5, 5.41) is 15.4. The summed E-state index contributed by atoms with van der Waals surface area (Å²) in [6.07, 6.45) is -4.27. The molecule has 1 aliphatic rings. The number of H-pyrrole nitrogens is 1. The number of nitrogens with one attached hydrogen (secondary N) is 2. The van der Waals surface area contributed by atoms with Crippen LogP contribution in [0.25, 0.3) is 11.0 Å². The van der Waals surface area contributed by atoms with Crippen LogP contribution in [-0.4, -0.2) is 62.2 Å². The van der Waals surface area contributed by atoms with Gasteiger partial charge in [0.2, 0.25) is 11.6 Å². The molecule has 3 unspecified atom stereocenters. The van der Waals surface area contributed by atoms with Crippen molar-refractivity contribution in [2.75, 3.05) is 12.3 Å². The molecule has 1 aromatic carbocycles. The summed E-state index contributed by atoms with van der Waals surface area (Å²) in [5.41, 5.74) is 2.22. The number of hydrogen-bond acceptors (Lipinski definition) is 10. The van der Waals surface area contributed by atoms with Crippen molar-refractivity contribution in [1.29, 1.82) is 0 Å². The molecule has 0 spiro atoms. The van der Waals surface area contributed by atoms with Gasteiger partial charge in [-0.25, -0.2) is 8.96 Å². The van der Waals surface area contributed by atoms with Crippen LogP contribution in [0, 0.1) is 11.3 Å². The van der Waals surface area contributed by atoms with Crippen molar-refractivity contribution in [1.82, 2.24) is 19.6 Å². The van der Waals surface area contributed by atoms with E-state index < -0.39 is 62.1 Å². The molecule has 3 heterocycles. The normalized spacial score (nSPS) is 24.4. The predicted molar refractivity (Wildman–Crippen MR) is 147 cm³/mol. The Kier molecular flexibility index (Phi) is 9.08. The molecule has 4 rings (SSSR count). The smallest absolute Gasteiger partial charge is 0.459 e. The quantitative estimate of drug-likeness (QED) is 0.150. The van der Waals surface area contributed by atoms with Gasteiger partial charge in [0, 0.05) is 11.6 Å². The third kappa shape index (κ3) is 6.56. The molecular weight excluding hydrogens is 584 g/mol. The van der Waals surface area contributed by atoms with Crippen molar-refractivity contribution >= 4 is 42.3 Å². The molecular formula is C25H28ClFN5O8P. The fourth-order valence-corrected chi connectivity index (χ4v) is 5.76. The third-order valence-electron chi connectivity index (χ3n) is 5.97. The van der Waals surface area contributed by atoms with Crippen LogP contribution < -0.4 is 20.9 Å². The Morgan fingerprint density at radius 3 is 2.73 bits per heavy atom. The van der Waals surface area contributed by atoms with Gasteiger partial charge >= 0.3 is 13.7 Å². The van der Waals surface area contributed by atoms with E-state index in [1.165, 1.54) is 31.3 Å². The molecule has 3 aromatic rings. The van der Waals surface area contributed by atoms with Crippen molar-refractivity contribution in [3.05, 3.63) is 52.9 Å². The zero-order valence-electron chi connectivity index (χ0n) is 22.1. The maximum absolute atomic E-state index is 16.3. The fraction of sp³-hybridized carbons (Fsp3) is 0.400. The van der Waals surface area contributed by atoms with Crippen LogP contribution in [0.15, 0.2) is 47.4 Å². The number of carbonyl (C=O) groups is 1. The Hall–Kier alpha value is -3.44. The molecule has 13 nitrogen and oxygen atoms in total. The average molecular weight is 612 g/mol.